The lowest BCUT2D eigenvalue weighted by molar-refractivity contribution is 0.112. The van der Waals surface area contributed by atoms with Crippen LogP contribution in [0.3, 0.4) is 0 Å². The fraction of sp³-hybridized carbons (Fsp3) is 0.125. The molecule has 0 heterocycles. The van der Waals surface area contributed by atoms with E-state index in [1.54, 1.807) is 18.2 Å². The first kappa shape index (κ1) is 6.02. The first-order chi connectivity index (χ1) is 4.33. The number of carbonyl (C=O) groups excluding carboxylic acids is 1. The molecule has 0 bridgehead atoms. The van der Waals surface area contributed by atoms with Gasteiger partial charge in [-0.2, -0.15) is 0 Å². The van der Waals surface area contributed by atoms with E-state index in [0.717, 1.165) is 11.8 Å². The Balaban J connectivity index is 3.07. The highest BCUT2D eigenvalue weighted by molar-refractivity contribution is 5.74. The molecular formula is C8H7O. The van der Waals surface area contributed by atoms with Gasteiger partial charge in [0.2, 0.25) is 0 Å². The highest BCUT2D eigenvalue weighted by Crippen LogP contribution is 1.98. The summed E-state index contributed by atoms with van der Waals surface area (Å²) in [5.41, 5.74) is 1.71. The molecule has 0 atom stereocenters. The van der Waals surface area contributed by atoms with Crippen molar-refractivity contribution < 1.29 is 4.79 Å². The highest BCUT2D eigenvalue weighted by atomic mass is 16.1. The van der Waals surface area contributed by atoms with E-state index in [-0.39, 0.29) is 0 Å². The van der Waals surface area contributed by atoms with Crippen LogP contribution in [0.1, 0.15) is 15.9 Å². The lowest BCUT2D eigenvalue weighted by atomic mass is 10.2. The molecule has 1 aromatic carbocycles. The van der Waals surface area contributed by atoms with Crippen LogP contribution in [0, 0.1) is 13.0 Å². The van der Waals surface area contributed by atoms with Gasteiger partial charge in [0.25, 0.3) is 0 Å². The Kier molecular flexibility index (Phi) is 1.63. The third kappa shape index (κ3) is 1.39. The maximum Gasteiger partial charge on any atom is 0.150 e. The zero-order chi connectivity index (χ0) is 6.69. The van der Waals surface area contributed by atoms with Crippen molar-refractivity contribution in [3.8, 4) is 0 Å². The molecule has 0 aromatic heterocycles. The second kappa shape index (κ2) is 2.44. The Hall–Kier alpha value is -1.11. The molecule has 0 aliphatic carbocycles. The fourth-order valence-corrected chi connectivity index (χ4v) is 0.682. The van der Waals surface area contributed by atoms with Gasteiger partial charge >= 0.3 is 0 Å². The Morgan fingerprint density at radius 1 is 1.67 bits per heavy atom. The Morgan fingerprint density at radius 3 is 2.89 bits per heavy atom. The summed E-state index contributed by atoms with van der Waals surface area (Å²) in [4.78, 5) is 10.1. The van der Waals surface area contributed by atoms with Crippen LogP contribution in [0.25, 0.3) is 0 Å². The Bertz CT molecular complexity index is 216. The molecule has 0 saturated heterocycles. The number of rotatable bonds is 1. The number of hydrogen-bond donors (Lipinski definition) is 0. The van der Waals surface area contributed by atoms with E-state index in [9.17, 15) is 4.79 Å². The molecule has 9 heavy (non-hydrogen) atoms. The minimum absolute atomic E-state index is 0.714. The van der Waals surface area contributed by atoms with E-state index in [1.807, 2.05) is 6.92 Å². The maximum atomic E-state index is 10.1. The smallest absolute Gasteiger partial charge is 0.150 e. The highest BCUT2D eigenvalue weighted by Gasteiger charge is 1.86. The van der Waals surface area contributed by atoms with Gasteiger partial charge in [-0.3, -0.25) is 4.79 Å². The van der Waals surface area contributed by atoms with Gasteiger partial charge in [-0.1, -0.05) is 12.1 Å². The zero-order valence-electron chi connectivity index (χ0n) is 5.22. The van der Waals surface area contributed by atoms with E-state index in [1.165, 1.54) is 0 Å². The predicted octanol–water partition coefficient (Wildman–Crippen LogP) is 1.61. The van der Waals surface area contributed by atoms with E-state index < -0.39 is 0 Å². The van der Waals surface area contributed by atoms with Gasteiger partial charge in [-0.05, 0) is 24.6 Å². The molecule has 1 rings (SSSR count). The summed E-state index contributed by atoms with van der Waals surface area (Å²) in [5.74, 6) is 0. The maximum absolute atomic E-state index is 10.1. The van der Waals surface area contributed by atoms with Gasteiger partial charge in [-0.25, -0.2) is 0 Å². The summed E-state index contributed by atoms with van der Waals surface area (Å²) in [6.07, 6.45) is 0.834. The summed E-state index contributed by atoms with van der Waals surface area (Å²) < 4.78 is 0. The molecule has 0 aliphatic rings. The van der Waals surface area contributed by atoms with Crippen LogP contribution < -0.4 is 0 Å². The second-order valence-corrected chi connectivity index (χ2v) is 1.92. The molecule has 0 unspecified atom stereocenters. The van der Waals surface area contributed by atoms with Crippen molar-refractivity contribution in [1.29, 1.82) is 0 Å². The first-order valence-corrected chi connectivity index (χ1v) is 2.76. The third-order valence-corrected chi connectivity index (χ3v) is 1.11. The van der Waals surface area contributed by atoms with Gasteiger partial charge in [-0.15, -0.1) is 0 Å². The number of aryl methyl sites for hydroxylation is 1. The third-order valence-electron chi connectivity index (χ3n) is 1.11. The average Bonchev–Trinajstić information content (AvgIpc) is 1.88. The fourth-order valence-electron chi connectivity index (χ4n) is 0.682. The second-order valence-electron chi connectivity index (χ2n) is 1.92. The quantitative estimate of drug-likeness (QED) is 0.513. The van der Waals surface area contributed by atoms with Crippen molar-refractivity contribution >= 4 is 6.29 Å². The predicted molar refractivity (Wildman–Crippen MR) is 35.4 cm³/mol. The lowest BCUT2D eigenvalue weighted by Crippen LogP contribution is -1.78. The van der Waals surface area contributed by atoms with Gasteiger partial charge in [0.15, 0.2) is 0 Å². The van der Waals surface area contributed by atoms with E-state index in [0.29, 0.717) is 5.56 Å². The first-order valence-electron chi connectivity index (χ1n) is 2.76. The van der Waals surface area contributed by atoms with Crippen LogP contribution in [0.2, 0.25) is 0 Å². The summed E-state index contributed by atoms with van der Waals surface area (Å²) in [6.45, 7) is 1.91. The van der Waals surface area contributed by atoms with E-state index in [4.69, 9.17) is 0 Å². The van der Waals surface area contributed by atoms with Gasteiger partial charge in [0.05, 0.1) is 0 Å². The summed E-state index contributed by atoms with van der Waals surface area (Å²) >= 11 is 0. The summed E-state index contributed by atoms with van der Waals surface area (Å²) in [5, 5.41) is 0. The molecule has 45 valence electrons. The van der Waals surface area contributed by atoms with Crippen LogP contribution in [-0.2, 0) is 0 Å². The van der Waals surface area contributed by atoms with Crippen molar-refractivity contribution in [3.05, 3.63) is 35.4 Å². The van der Waals surface area contributed by atoms with Crippen LogP contribution in [0.15, 0.2) is 18.2 Å². The zero-order valence-corrected chi connectivity index (χ0v) is 5.22. The topological polar surface area (TPSA) is 17.1 Å². The van der Waals surface area contributed by atoms with Gasteiger partial charge in [0.1, 0.15) is 6.29 Å². The van der Waals surface area contributed by atoms with Crippen LogP contribution in [-0.4, -0.2) is 6.29 Å². The summed E-state index contributed by atoms with van der Waals surface area (Å²) in [6, 6.07) is 8.23. The Morgan fingerprint density at radius 2 is 2.44 bits per heavy atom. The molecule has 1 heteroatoms. The van der Waals surface area contributed by atoms with E-state index in [2.05, 4.69) is 6.07 Å². The van der Waals surface area contributed by atoms with Gasteiger partial charge < -0.3 is 0 Å². The summed E-state index contributed by atoms with van der Waals surface area (Å²) in [7, 11) is 0. The number of carbonyl (C=O) groups is 1. The molecule has 0 N–H and O–H groups in total. The number of aldehydes is 1. The normalized spacial score (nSPS) is 9.00. The van der Waals surface area contributed by atoms with Crippen molar-refractivity contribution in [3.63, 3.8) is 0 Å². The SMILES string of the molecule is Cc1[c]ccc(C=O)c1. The largest absolute Gasteiger partial charge is 0.298 e. The minimum atomic E-state index is 0.714. The molecule has 0 amide bonds. The van der Waals surface area contributed by atoms with Crippen molar-refractivity contribution in [2.24, 2.45) is 0 Å². The molecule has 0 aliphatic heterocycles. The van der Waals surface area contributed by atoms with Crippen molar-refractivity contribution in [2.75, 3.05) is 0 Å². The molecule has 0 spiro atoms. The lowest BCUT2D eigenvalue weighted by Gasteiger charge is -1.89. The minimum Gasteiger partial charge on any atom is -0.298 e. The van der Waals surface area contributed by atoms with Crippen LogP contribution in [0.5, 0.6) is 0 Å². The van der Waals surface area contributed by atoms with Crippen LogP contribution in [0.4, 0.5) is 0 Å². The van der Waals surface area contributed by atoms with E-state index >= 15 is 0 Å². The number of hydrogen-bond acceptors (Lipinski definition) is 1. The molecule has 0 saturated carbocycles. The molecule has 1 aromatic rings. The monoisotopic (exact) mass is 119 g/mol. The molecule has 0 fully saturated rings. The Labute approximate surface area is 54.3 Å². The van der Waals surface area contributed by atoms with Gasteiger partial charge in [0, 0.05) is 5.56 Å². The standard InChI is InChI=1S/C8H7O/c1-7-3-2-4-8(5-7)6-9/h2,4-6H,1H3. The molecule has 1 radical (unpaired) electrons. The van der Waals surface area contributed by atoms with Crippen LogP contribution >= 0.6 is 0 Å². The molecular weight excluding hydrogens is 112 g/mol. The number of benzene rings is 1. The van der Waals surface area contributed by atoms with Crippen molar-refractivity contribution in [1.82, 2.24) is 0 Å². The molecule has 1 nitrogen and oxygen atoms in total. The van der Waals surface area contributed by atoms with Crippen molar-refractivity contribution in [2.45, 2.75) is 6.92 Å². The average molecular weight is 119 g/mol.